The van der Waals surface area contributed by atoms with Gasteiger partial charge in [-0.2, -0.15) is 0 Å². The molecule has 1 N–H and O–H groups in total. The maximum Gasteiger partial charge on any atom is 0.309 e. The van der Waals surface area contributed by atoms with Gasteiger partial charge in [0.15, 0.2) is 0 Å². The van der Waals surface area contributed by atoms with Crippen LogP contribution >= 0.6 is 0 Å². The van der Waals surface area contributed by atoms with Crippen LogP contribution in [-0.2, 0) is 9.53 Å². The molecule has 1 heterocycles. The van der Waals surface area contributed by atoms with Gasteiger partial charge >= 0.3 is 5.97 Å². The van der Waals surface area contributed by atoms with Gasteiger partial charge in [-0.25, -0.2) is 0 Å². The van der Waals surface area contributed by atoms with E-state index >= 15 is 0 Å². The summed E-state index contributed by atoms with van der Waals surface area (Å²) in [6, 6.07) is 0. The second-order valence-corrected chi connectivity index (χ2v) is 7.13. The number of carbonyl (C=O) groups is 1. The first-order valence-electron chi connectivity index (χ1n) is 10.3. The summed E-state index contributed by atoms with van der Waals surface area (Å²) in [6.07, 6.45) is 20.2. The highest BCUT2D eigenvalue weighted by Gasteiger charge is 2.33. The Kier molecular flexibility index (Phi) is 13.6. The van der Waals surface area contributed by atoms with Crippen molar-refractivity contribution in [2.75, 3.05) is 6.61 Å². The topological polar surface area (TPSA) is 46.5 Å². The van der Waals surface area contributed by atoms with Gasteiger partial charge in [-0.15, -0.1) is 6.58 Å². The molecule has 146 valence electrons. The Labute approximate surface area is 159 Å². The Bertz CT molecular complexity index is 470. The van der Waals surface area contributed by atoms with Gasteiger partial charge in [0.2, 0.25) is 0 Å². The average Bonchev–Trinajstić information content (AvgIpc) is 3.01. The summed E-state index contributed by atoms with van der Waals surface area (Å²) in [6.45, 7) is 3.68. The van der Waals surface area contributed by atoms with Gasteiger partial charge in [0.25, 0.3) is 0 Å². The zero-order valence-electron chi connectivity index (χ0n) is 16.3. The molecule has 0 spiro atoms. The SMILES string of the molecule is C=CCCCCC=CC#CCCCCCCCC[C@@H]1C[C@@H](CO)OC1=O. The summed E-state index contributed by atoms with van der Waals surface area (Å²) in [5.41, 5.74) is 0. The average molecular weight is 361 g/mol. The quantitative estimate of drug-likeness (QED) is 0.197. The maximum absolute atomic E-state index is 11.6. The number of allylic oxidation sites excluding steroid dienone is 3. The van der Waals surface area contributed by atoms with Crippen LogP contribution < -0.4 is 0 Å². The number of aliphatic hydroxyl groups excluding tert-OH is 1. The van der Waals surface area contributed by atoms with Crippen molar-refractivity contribution in [3.05, 3.63) is 24.8 Å². The molecule has 2 atom stereocenters. The second-order valence-electron chi connectivity index (χ2n) is 7.13. The molecule has 3 heteroatoms. The van der Waals surface area contributed by atoms with E-state index in [1.165, 1.54) is 44.9 Å². The van der Waals surface area contributed by atoms with Crippen LogP contribution in [0.5, 0.6) is 0 Å². The van der Waals surface area contributed by atoms with Gasteiger partial charge in [0.05, 0.1) is 12.5 Å². The maximum atomic E-state index is 11.6. The molecular formula is C23H36O3. The Morgan fingerprint density at radius 1 is 1.08 bits per heavy atom. The smallest absolute Gasteiger partial charge is 0.309 e. The summed E-state index contributed by atoms with van der Waals surface area (Å²) in [4.78, 5) is 11.6. The molecule has 26 heavy (non-hydrogen) atoms. The molecule has 0 radical (unpaired) electrons. The van der Waals surface area contributed by atoms with Crippen molar-refractivity contribution in [3.8, 4) is 11.8 Å². The van der Waals surface area contributed by atoms with Crippen molar-refractivity contribution in [3.63, 3.8) is 0 Å². The van der Waals surface area contributed by atoms with Crippen molar-refractivity contribution in [1.29, 1.82) is 0 Å². The molecular weight excluding hydrogens is 324 g/mol. The van der Waals surface area contributed by atoms with Crippen molar-refractivity contribution < 1.29 is 14.6 Å². The third-order valence-electron chi connectivity index (χ3n) is 4.80. The molecule has 0 aromatic heterocycles. The zero-order valence-corrected chi connectivity index (χ0v) is 16.3. The molecule has 0 aliphatic carbocycles. The molecule has 0 aromatic carbocycles. The minimum atomic E-state index is -0.263. The van der Waals surface area contributed by atoms with Crippen LogP contribution in [0.2, 0.25) is 0 Å². The highest BCUT2D eigenvalue weighted by molar-refractivity contribution is 5.74. The second kappa shape index (κ2) is 15.7. The normalized spacial score (nSPS) is 19.3. The standard InChI is InChI=1S/C23H36O3/c1-2-3-4-5-6-7-8-9-10-11-12-13-14-15-16-17-18-21-19-22(20-24)26-23(21)25/h2,7-8,21-22,24H,1,3-6,11-20H2/t21-,22+/m1/s1. The fourth-order valence-electron chi connectivity index (χ4n) is 3.21. The Balaban J connectivity index is 1.86. The molecule has 1 saturated heterocycles. The van der Waals surface area contributed by atoms with E-state index in [0.29, 0.717) is 6.42 Å². The molecule has 1 aliphatic heterocycles. The predicted molar refractivity (Wildman–Crippen MR) is 108 cm³/mol. The van der Waals surface area contributed by atoms with E-state index in [0.717, 1.165) is 32.1 Å². The number of unbranched alkanes of at least 4 members (excludes halogenated alkanes) is 9. The lowest BCUT2D eigenvalue weighted by Crippen LogP contribution is -2.10. The van der Waals surface area contributed by atoms with Gasteiger partial charge < -0.3 is 9.84 Å². The Hall–Kier alpha value is -1.53. The van der Waals surface area contributed by atoms with Crippen molar-refractivity contribution in [2.45, 2.75) is 89.6 Å². The first kappa shape index (κ1) is 22.5. The summed E-state index contributed by atoms with van der Waals surface area (Å²) >= 11 is 0. The lowest BCUT2D eigenvalue weighted by molar-refractivity contribution is -0.145. The van der Waals surface area contributed by atoms with Gasteiger partial charge in [0.1, 0.15) is 6.10 Å². The highest BCUT2D eigenvalue weighted by atomic mass is 16.6. The minimum absolute atomic E-state index is 0.0115. The summed E-state index contributed by atoms with van der Waals surface area (Å²) in [7, 11) is 0. The first-order valence-corrected chi connectivity index (χ1v) is 10.3. The number of carbonyl (C=O) groups excluding carboxylic acids is 1. The molecule has 0 aromatic rings. The number of cyclic esters (lactones) is 1. The van der Waals surface area contributed by atoms with Crippen LogP contribution in [0.15, 0.2) is 24.8 Å². The van der Waals surface area contributed by atoms with E-state index in [1.54, 1.807) is 0 Å². The molecule has 3 nitrogen and oxygen atoms in total. The number of rotatable bonds is 14. The van der Waals surface area contributed by atoms with Gasteiger partial charge in [-0.3, -0.25) is 4.79 Å². The van der Waals surface area contributed by atoms with Crippen molar-refractivity contribution in [2.24, 2.45) is 5.92 Å². The zero-order chi connectivity index (χ0) is 18.9. The molecule has 1 rings (SSSR count). The molecule has 0 unspecified atom stereocenters. The fourth-order valence-corrected chi connectivity index (χ4v) is 3.21. The fraction of sp³-hybridized carbons (Fsp3) is 0.696. The third kappa shape index (κ3) is 11.2. The molecule has 1 aliphatic rings. The van der Waals surface area contributed by atoms with E-state index in [9.17, 15) is 4.79 Å². The van der Waals surface area contributed by atoms with Crippen LogP contribution in [0.3, 0.4) is 0 Å². The number of esters is 1. The molecule has 1 fully saturated rings. The van der Waals surface area contributed by atoms with Crippen LogP contribution in [0.1, 0.15) is 83.5 Å². The van der Waals surface area contributed by atoms with Crippen LogP contribution in [-0.4, -0.2) is 23.8 Å². The number of hydrogen-bond acceptors (Lipinski definition) is 3. The van der Waals surface area contributed by atoms with Crippen molar-refractivity contribution in [1.82, 2.24) is 0 Å². The van der Waals surface area contributed by atoms with Gasteiger partial charge in [-0.05, 0) is 51.0 Å². The number of ether oxygens (including phenoxy) is 1. The molecule has 0 amide bonds. The van der Waals surface area contributed by atoms with Gasteiger partial charge in [0, 0.05) is 6.42 Å². The van der Waals surface area contributed by atoms with E-state index in [2.05, 4.69) is 24.5 Å². The van der Waals surface area contributed by atoms with Crippen LogP contribution in [0, 0.1) is 17.8 Å². The van der Waals surface area contributed by atoms with Crippen LogP contribution in [0.25, 0.3) is 0 Å². The predicted octanol–water partition coefficient (Wildman–Crippen LogP) is 5.34. The summed E-state index contributed by atoms with van der Waals surface area (Å²) in [5.74, 6) is 6.23. The number of hydrogen-bond donors (Lipinski definition) is 1. The summed E-state index contributed by atoms with van der Waals surface area (Å²) < 4.78 is 5.09. The minimum Gasteiger partial charge on any atom is -0.460 e. The van der Waals surface area contributed by atoms with E-state index in [-0.39, 0.29) is 24.6 Å². The van der Waals surface area contributed by atoms with Crippen molar-refractivity contribution >= 4 is 5.97 Å². The largest absolute Gasteiger partial charge is 0.460 e. The van der Waals surface area contributed by atoms with E-state index in [4.69, 9.17) is 9.84 Å². The molecule has 0 bridgehead atoms. The lowest BCUT2D eigenvalue weighted by Gasteiger charge is -2.05. The lowest BCUT2D eigenvalue weighted by atomic mass is 9.97. The summed E-state index contributed by atoms with van der Waals surface area (Å²) in [5, 5.41) is 9.02. The Morgan fingerprint density at radius 3 is 2.54 bits per heavy atom. The monoisotopic (exact) mass is 360 g/mol. The first-order chi connectivity index (χ1) is 12.8. The molecule has 0 saturated carbocycles. The Morgan fingerprint density at radius 2 is 1.81 bits per heavy atom. The van der Waals surface area contributed by atoms with Gasteiger partial charge in [-0.1, -0.05) is 56.1 Å². The number of aliphatic hydroxyl groups is 1. The third-order valence-corrected chi connectivity index (χ3v) is 4.80. The van der Waals surface area contributed by atoms with Crippen LogP contribution in [0.4, 0.5) is 0 Å². The van der Waals surface area contributed by atoms with E-state index in [1.807, 2.05) is 12.2 Å². The van der Waals surface area contributed by atoms with E-state index < -0.39 is 0 Å². The highest BCUT2D eigenvalue weighted by Crippen LogP contribution is 2.26.